The summed E-state index contributed by atoms with van der Waals surface area (Å²) in [5, 5.41) is 21.1. The monoisotopic (exact) mass is 455 g/mol. The second kappa shape index (κ2) is 8.26. The first-order valence-electron chi connectivity index (χ1n) is 12.1. The van der Waals surface area contributed by atoms with E-state index in [2.05, 4.69) is 72.7 Å². The zero-order valence-corrected chi connectivity index (χ0v) is 21.8. The molecule has 0 aliphatic heterocycles. The van der Waals surface area contributed by atoms with Gasteiger partial charge in [-0.3, -0.25) is 0 Å². The standard InChI is InChI=1S/C30H37N3O/c1-20-14-15-24-25(16-20)32-33(31-24)26-18-22(29(5,6)19-28(2,3)4)17-23(27(26)34)30(7,8)21-12-10-9-11-13-21/h9-18,34H,19H2,1-8H3. The summed E-state index contributed by atoms with van der Waals surface area (Å²) in [4.78, 5) is 1.60. The fraction of sp³-hybridized carbons (Fsp3) is 0.400. The summed E-state index contributed by atoms with van der Waals surface area (Å²) in [7, 11) is 0. The number of phenolic OH excluding ortho intramolecular Hbond substituents is 1. The van der Waals surface area contributed by atoms with E-state index in [0.29, 0.717) is 5.69 Å². The van der Waals surface area contributed by atoms with E-state index in [0.717, 1.165) is 34.1 Å². The second-order valence-electron chi connectivity index (χ2n) is 12.0. The van der Waals surface area contributed by atoms with E-state index in [-0.39, 0.29) is 16.6 Å². The van der Waals surface area contributed by atoms with Crippen LogP contribution in [0.4, 0.5) is 0 Å². The van der Waals surface area contributed by atoms with Gasteiger partial charge in [-0.1, -0.05) is 90.9 Å². The SMILES string of the molecule is Cc1ccc2nn(-c3cc(C(C)(C)CC(C)(C)C)cc(C(C)(C)c4ccccc4)c3O)nc2c1. The van der Waals surface area contributed by atoms with Gasteiger partial charge in [-0.05, 0) is 59.1 Å². The third-order valence-corrected chi connectivity index (χ3v) is 6.76. The van der Waals surface area contributed by atoms with Crippen LogP contribution in [0.1, 0.15) is 77.1 Å². The highest BCUT2D eigenvalue weighted by molar-refractivity contribution is 5.75. The van der Waals surface area contributed by atoms with Crippen molar-refractivity contribution < 1.29 is 5.11 Å². The molecule has 0 unspecified atom stereocenters. The molecule has 0 fully saturated rings. The summed E-state index contributed by atoms with van der Waals surface area (Å²) in [6.07, 6.45) is 1.00. The summed E-state index contributed by atoms with van der Waals surface area (Å²) in [5.74, 6) is 0.223. The highest BCUT2D eigenvalue weighted by atomic mass is 16.3. The number of rotatable bonds is 5. The van der Waals surface area contributed by atoms with E-state index >= 15 is 0 Å². The highest BCUT2D eigenvalue weighted by Gasteiger charge is 2.33. The summed E-state index contributed by atoms with van der Waals surface area (Å²) in [6.45, 7) is 17.8. The Morgan fingerprint density at radius 2 is 1.41 bits per heavy atom. The molecule has 34 heavy (non-hydrogen) atoms. The highest BCUT2D eigenvalue weighted by Crippen LogP contribution is 2.44. The molecule has 0 aliphatic carbocycles. The Balaban J connectivity index is 1.97. The lowest BCUT2D eigenvalue weighted by Gasteiger charge is -2.35. The van der Waals surface area contributed by atoms with Crippen molar-refractivity contribution in [3.8, 4) is 11.4 Å². The van der Waals surface area contributed by atoms with Crippen molar-refractivity contribution in [3.05, 3.63) is 82.9 Å². The number of aromatic nitrogens is 3. The third-order valence-electron chi connectivity index (χ3n) is 6.76. The zero-order chi connectivity index (χ0) is 24.9. The molecule has 0 bridgehead atoms. The van der Waals surface area contributed by atoms with Crippen molar-refractivity contribution in [1.29, 1.82) is 0 Å². The van der Waals surface area contributed by atoms with Gasteiger partial charge in [-0.15, -0.1) is 15.0 Å². The van der Waals surface area contributed by atoms with Gasteiger partial charge in [0.15, 0.2) is 0 Å². The number of aryl methyl sites for hydroxylation is 1. The molecule has 4 nitrogen and oxygen atoms in total. The molecule has 0 radical (unpaired) electrons. The number of phenols is 1. The summed E-state index contributed by atoms with van der Waals surface area (Å²) < 4.78 is 0. The van der Waals surface area contributed by atoms with Crippen LogP contribution in [0.2, 0.25) is 0 Å². The van der Waals surface area contributed by atoms with Crippen molar-refractivity contribution >= 4 is 11.0 Å². The molecule has 0 spiro atoms. The Morgan fingerprint density at radius 1 is 0.765 bits per heavy atom. The van der Waals surface area contributed by atoms with E-state index < -0.39 is 5.41 Å². The van der Waals surface area contributed by atoms with Crippen LogP contribution in [0.3, 0.4) is 0 Å². The minimum Gasteiger partial charge on any atom is -0.505 e. The second-order valence-corrected chi connectivity index (χ2v) is 12.0. The lowest BCUT2D eigenvalue weighted by Crippen LogP contribution is -2.27. The van der Waals surface area contributed by atoms with Crippen LogP contribution >= 0.6 is 0 Å². The number of hydrogen-bond acceptors (Lipinski definition) is 3. The van der Waals surface area contributed by atoms with Gasteiger partial charge < -0.3 is 5.11 Å². The molecule has 0 saturated carbocycles. The quantitative estimate of drug-likeness (QED) is 0.339. The average molecular weight is 456 g/mol. The normalized spacial score (nSPS) is 12.9. The predicted molar refractivity (Wildman–Crippen MR) is 141 cm³/mol. The first kappa shape index (κ1) is 24.0. The summed E-state index contributed by atoms with van der Waals surface area (Å²) in [5.41, 5.74) is 6.24. The molecule has 0 amide bonds. The Bertz CT molecular complexity index is 1320. The van der Waals surface area contributed by atoms with Gasteiger partial charge in [0, 0.05) is 11.0 Å². The van der Waals surface area contributed by atoms with Gasteiger partial charge in [-0.2, -0.15) is 0 Å². The number of hydrogen-bond donors (Lipinski definition) is 1. The van der Waals surface area contributed by atoms with Crippen LogP contribution in [0, 0.1) is 12.3 Å². The molecule has 0 atom stereocenters. The van der Waals surface area contributed by atoms with Gasteiger partial charge >= 0.3 is 0 Å². The Labute approximate surface area is 203 Å². The molecule has 178 valence electrons. The molecule has 3 aromatic carbocycles. The maximum atomic E-state index is 11.6. The van der Waals surface area contributed by atoms with Crippen molar-refractivity contribution in [2.75, 3.05) is 0 Å². The fourth-order valence-corrected chi connectivity index (χ4v) is 5.21. The van der Waals surface area contributed by atoms with Crippen LogP contribution in [-0.4, -0.2) is 20.1 Å². The van der Waals surface area contributed by atoms with Gasteiger partial charge in [0.1, 0.15) is 22.5 Å². The zero-order valence-electron chi connectivity index (χ0n) is 21.8. The minimum atomic E-state index is -0.406. The fourth-order valence-electron chi connectivity index (χ4n) is 5.21. The van der Waals surface area contributed by atoms with E-state index in [1.165, 1.54) is 5.56 Å². The van der Waals surface area contributed by atoms with E-state index in [1.54, 1.807) is 4.80 Å². The number of benzene rings is 3. The number of fused-ring (bicyclic) bond motifs is 1. The Hall–Kier alpha value is -3.14. The van der Waals surface area contributed by atoms with Crippen LogP contribution < -0.4 is 0 Å². The molecule has 0 aliphatic rings. The number of nitrogens with zero attached hydrogens (tertiary/aromatic N) is 3. The molecular formula is C30H37N3O. The minimum absolute atomic E-state index is 0.106. The van der Waals surface area contributed by atoms with E-state index in [4.69, 9.17) is 10.2 Å². The van der Waals surface area contributed by atoms with Crippen LogP contribution in [-0.2, 0) is 10.8 Å². The maximum Gasteiger partial charge on any atom is 0.147 e. The molecule has 1 N–H and O–H groups in total. The van der Waals surface area contributed by atoms with Gasteiger partial charge in [-0.25, -0.2) is 0 Å². The summed E-state index contributed by atoms with van der Waals surface area (Å²) >= 11 is 0. The van der Waals surface area contributed by atoms with E-state index in [1.807, 2.05) is 43.3 Å². The smallest absolute Gasteiger partial charge is 0.147 e. The lowest BCUT2D eigenvalue weighted by atomic mass is 9.70. The largest absolute Gasteiger partial charge is 0.505 e. The molecule has 1 heterocycles. The van der Waals surface area contributed by atoms with E-state index in [9.17, 15) is 5.11 Å². The van der Waals surface area contributed by atoms with Crippen molar-refractivity contribution in [2.24, 2.45) is 5.41 Å². The molecular weight excluding hydrogens is 418 g/mol. The molecule has 0 saturated heterocycles. The Morgan fingerprint density at radius 3 is 2.06 bits per heavy atom. The molecule has 4 aromatic rings. The average Bonchev–Trinajstić information content (AvgIpc) is 3.15. The lowest BCUT2D eigenvalue weighted by molar-refractivity contribution is 0.283. The number of aromatic hydroxyl groups is 1. The first-order chi connectivity index (χ1) is 15.8. The van der Waals surface area contributed by atoms with Crippen LogP contribution in [0.25, 0.3) is 16.7 Å². The van der Waals surface area contributed by atoms with Gasteiger partial charge in [0.2, 0.25) is 0 Å². The molecule has 4 rings (SSSR count). The Kier molecular flexibility index (Phi) is 5.83. The third kappa shape index (κ3) is 4.59. The van der Waals surface area contributed by atoms with Crippen molar-refractivity contribution in [1.82, 2.24) is 15.0 Å². The molecule has 4 heteroatoms. The first-order valence-corrected chi connectivity index (χ1v) is 12.1. The molecule has 1 aromatic heterocycles. The summed E-state index contributed by atoms with van der Waals surface area (Å²) in [6, 6.07) is 20.7. The van der Waals surface area contributed by atoms with Crippen LogP contribution in [0.15, 0.2) is 60.7 Å². The van der Waals surface area contributed by atoms with Crippen molar-refractivity contribution in [2.45, 2.75) is 72.6 Å². The van der Waals surface area contributed by atoms with Gasteiger partial charge in [0.25, 0.3) is 0 Å². The predicted octanol–water partition coefficient (Wildman–Crippen LogP) is 7.47. The van der Waals surface area contributed by atoms with Crippen LogP contribution in [0.5, 0.6) is 5.75 Å². The van der Waals surface area contributed by atoms with Gasteiger partial charge in [0.05, 0.1) is 0 Å². The van der Waals surface area contributed by atoms with Crippen molar-refractivity contribution in [3.63, 3.8) is 0 Å². The topological polar surface area (TPSA) is 50.9 Å². The maximum absolute atomic E-state index is 11.6.